The highest BCUT2D eigenvalue weighted by Gasteiger charge is 2.71. The van der Waals surface area contributed by atoms with Crippen molar-refractivity contribution in [3.8, 4) is 11.4 Å². The standard InChI is InChI=1S/C50H46N2O/c1-4-10-45-39(7-1)40-8-2-5-11-46(40)51(45)37-14-16-48-42(27-37)41-9-3-6-12-47(41)52(48)38-13-15-43-44(28-38)50(35-23-31-18-32(25-35)26-36(50)24-31)53-49(43)33-19-29-17-30(21-33)22-34(49)20-29/h1-16,27-36H,17-26H2. The monoisotopic (exact) mass is 690 g/mol. The fourth-order valence-electron chi connectivity index (χ4n) is 15.3. The summed E-state index contributed by atoms with van der Waals surface area (Å²) in [5.74, 6) is 6.49. The maximum Gasteiger partial charge on any atom is 0.100 e. The van der Waals surface area contributed by atoms with Crippen LogP contribution < -0.4 is 0 Å². The second-order valence-electron chi connectivity index (χ2n) is 19.0. The van der Waals surface area contributed by atoms with E-state index in [9.17, 15) is 0 Å². The van der Waals surface area contributed by atoms with Gasteiger partial charge in [-0.05, 0) is 171 Å². The molecule has 8 saturated carbocycles. The number of ether oxygens (including phenoxy) is 1. The van der Waals surface area contributed by atoms with Crippen LogP contribution in [0.15, 0.2) is 109 Å². The molecular weight excluding hydrogens is 645 g/mol. The third-order valence-electron chi connectivity index (χ3n) is 16.6. The van der Waals surface area contributed by atoms with Crippen molar-refractivity contribution in [1.82, 2.24) is 9.13 Å². The van der Waals surface area contributed by atoms with E-state index in [1.54, 1.807) is 11.1 Å². The van der Waals surface area contributed by atoms with Crippen LogP contribution in [0, 0.1) is 47.3 Å². The lowest BCUT2D eigenvalue weighted by atomic mass is 9.48. The molecule has 2 spiro atoms. The van der Waals surface area contributed by atoms with Gasteiger partial charge in [0.15, 0.2) is 0 Å². The van der Waals surface area contributed by atoms with Gasteiger partial charge in [-0.2, -0.15) is 0 Å². The molecule has 0 saturated heterocycles. The van der Waals surface area contributed by atoms with Gasteiger partial charge >= 0.3 is 0 Å². The van der Waals surface area contributed by atoms with E-state index in [0.717, 1.165) is 23.7 Å². The van der Waals surface area contributed by atoms with Crippen LogP contribution >= 0.6 is 0 Å². The molecule has 1 aliphatic heterocycles. The number of para-hydroxylation sites is 3. The van der Waals surface area contributed by atoms with Crippen molar-refractivity contribution in [2.24, 2.45) is 47.3 Å². The van der Waals surface area contributed by atoms with Gasteiger partial charge in [0.25, 0.3) is 0 Å². The van der Waals surface area contributed by atoms with Gasteiger partial charge < -0.3 is 13.9 Å². The van der Waals surface area contributed by atoms with Gasteiger partial charge in [-0.3, -0.25) is 0 Å². The average Bonchev–Trinajstić information content (AvgIpc) is 3.80. The number of rotatable bonds is 2. The molecule has 9 aliphatic rings. The first-order chi connectivity index (χ1) is 26.2. The van der Waals surface area contributed by atoms with Gasteiger partial charge in [-0.15, -0.1) is 0 Å². The van der Waals surface area contributed by atoms with Gasteiger partial charge in [0.2, 0.25) is 0 Å². The zero-order chi connectivity index (χ0) is 34.2. The zero-order valence-electron chi connectivity index (χ0n) is 30.4. The second kappa shape index (κ2) is 9.85. The van der Waals surface area contributed by atoms with E-state index in [4.69, 9.17) is 4.74 Å². The maximum atomic E-state index is 8.22. The van der Waals surface area contributed by atoms with Crippen LogP contribution in [0.25, 0.3) is 55.0 Å². The normalized spacial score (nSPS) is 36.0. The number of nitrogens with zero attached hydrogens (tertiary/aromatic N) is 2. The van der Waals surface area contributed by atoms with E-state index in [1.165, 1.54) is 119 Å². The van der Waals surface area contributed by atoms with Crippen molar-refractivity contribution in [3.05, 3.63) is 120 Å². The molecule has 53 heavy (non-hydrogen) atoms. The number of hydrogen-bond acceptors (Lipinski definition) is 1. The molecule has 0 atom stereocenters. The number of fused-ring (bicyclic) bond motifs is 7. The predicted molar refractivity (Wildman–Crippen MR) is 214 cm³/mol. The Labute approximate surface area is 310 Å². The zero-order valence-corrected chi connectivity index (χ0v) is 30.4. The first-order valence-electron chi connectivity index (χ1n) is 21.0. The first kappa shape index (κ1) is 29.1. The highest BCUT2D eigenvalue weighted by molar-refractivity contribution is 6.12. The summed E-state index contributed by atoms with van der Waals surface area (Å²) in [7, 11) is 0. The summed E-state index contributed by atoms with van der Waals surface area (Å²) in [6.07, 6.45) is 14.1. The summed E-state index contributed by atoms with van der Waals surface area (Å²) >= 11 is 0. The molecule has 8 aliphatic carbocycles. The van der Waals surface area contributed by atoms with Crippen molar-refractivity contribution in [2.45, 2.75) is 75.4 Å². The van der Waals surface area contributed by atoms with Crippen LogP contribution in [0.3, 0.4) is 0 Å². The molecule has 16 rings (SSSR count). The SMILES string of the molecule is c1ccc2c(c1)c1ccccc1n2-c1ccc2c(c1)c1ccccc1n2-c1ccc2c(c1)C1(OC23C2CC4CC(C2)CC3C4)C2CC3CC(C2)CC1C3. The van der Waals surface area contributed by atoms with Crippen molar-refractivity contribution in [2.75, 3.05) is 0 Å². The highest BCUT2D eigenvalue weighted by atomic mass is 16.5. The Kier molecular flexibility index (Phi) is 5.40. The number of hydrogen-bond donors (Lipinski definition) is 0. The third kappa shape index (κ3) is 3.49. The highest BCUT2D eigenvalue weighted by Crippen LogP contribution is 2.74. The van der Waals surface area contributed by atoms with E-state index in [2.05, 4.69) is 118 Å². The molecule has 0 amide bonds. The van der Waals surface area contributed by atoms with E-state index in [0.29, 0.717) is 23.7 Å². The fraction of sp³-hybridized carbons (Fsp3) is 0.400. The van der Waals surface area contributed by atoms with Crippen molar-refractivity contribution >= 4 is 43.6 Å². The molecule has 0 unspecified atom stereocenters. The smallest absolute Gasteiger partial charge is 0.100 e. The van der Waals surface area contributed by atoms with Crippen molar-refractivity contribution in [3.63, 3.8) is 0 Å². The van der Waals surface area contributed by atoms with Gasteiger partial charge in [-0.1, -0.05) is 60.7 Å². The molecule has 3 heterocycles. The Balaban J connectivity index is 0.993. The molecule has 2 aromatic heterocycles. The van der Waals surface area contributed by atoms with Gasteiger partial charge in [0.05, 0.1) is 22.1 Å². The minimum Gasteiger partial charge on any atom is -0.358 e. The molecule has 0 N–H and O–H groups in total. The molecule has 5 aromatic carbocycles. The topological polar surface area (TPSA) is 19.1 Å². The van der Waals surface area contributed by atoms with Gasteiger partial charge in [-0.25, -0.2) is 0 Å². The average molecular weight is 691 g/mol. The lowest BCUT2D eigenvalue weighted by molar-refractivity contribution is -0.304. The summed E-state index contributed by atoms with van der Waals surface area (Å²) in [5, 5.41) is 5.26. The Morgan fingerprint density at radius 2 is 0.774 bits per heavy atom. The second-order valence-corrected chi connectivity index (χ2v) is 19.0. The molecule has 0 radical (unpaired) electrons. The van der Waals surface area contributed by atoms with Gasteiger partial charge in [0.1, 0.15) is 11.2 Å². The third-order valence-corrected chi connectivity index (χ3v) is 16.6. The number of aromatic nitrogens is 2. The van der Waals surface area contributed by atoms with E-state index < -0.39 is 0 Å². The molecule has 262 valence electrons. The first-order valence-corrected chi connectivity index (χ1v) is 21.0. The molecule has 7 aromatic rings. The van der Waals surface area contributed by atoms with E-state index in [-0.39, 0.29) is 11.2 Å². The molecular formula is C50H46N2O. The summed E-state index contributed by atoms with van der Waals surface area (Å²) in [4.78, 5) is 0. The summed E-state index contributed by atoms with van der Waals surface area (Å²) < 4.78 is 13.3. The minimum atomic E-state index is -0.101. The largest absolute Gasteiger partial charge is 0.358 e. The van der Waals surface area contributed by atoms with Crippen LogP contribution in [-0.4, -0.2) is 9.13 Å². The molecule has 3 nitrogen and oxygen atoms in total. The maximum absolute atomic E-state index is 8.22. The molecule has 3 heteroatoms. The van der Waals surface area contributed by atoms with Crippen LogP contribution in [-0.2, 0) is 15.9 Å². The summed E-state index contributed by atoms with van der Waals surface area (Å²) in [5.41, 5.74) is 10.7. The predicted octanol–water partition coefficient (Wildman–Crippen LogP) is 12.2. The Bertz CT molecular complexity index is 2600. The van der Waals surface area contributed by atoms with Crippen LogP contribution in [0.1, 0.15) is 75.3 Å². The fourth-order valence-corrected chi connectivity index (χ4v) is 15.3. The van der Waals surface area contributed by atoms with E-state index in [1.807, 2.05) is 0 Å². The molecule has 8 fully saturated rings. The Morgan fingerprint density at radius 1 is 0.377 bits per heavy atom. The van der Waals surface area contributed by atoms with Gasteiger partial charge in [0, 0.05) is 32.9 Å². The van der Waals surface area contributed by atoms with Crippen LogP contribution in [0.2, 0.25) is 0 Å². The quantitative estimate of drug-likeness (QED) is 0.177. The lowest BCUT2D eigenvalue weighted by Crippen LogP contribution is -2.60. The van der Waals surface area contributed by atoms with Crippen molar-refractivity contribution in [1.29, 1.82) is 0 Å². The summed E-state index contributed by atoms with van der Waals surface area (Å²) in [6, 6.07) is 41.9. The Hall–Kier alpha value is -4.34. The van der Waals surface area contributed by atoms with E-state index >= 15 is 0 Å². The minimum absolute atomic E-state index is 0.0608. The number of benzene rings is 5. The Morgan fingerprint density at radius 3 is 1.28 bits per heavy atom. The van der Waals surface area contributed by atoms with Crippen LogP contribution in [0.5, 0.6) is 0 Å². The van der Waals surface area contributed by atoms with Crippen molar-refractivity contribution < 1.29 is 4.74 Å². The lowest BCUT2D eigenvalue weighted by Gasteiger charge is -2.64. The van der Waals surface area contributed by atoms with Crippen LogP contribution in [0.4, 0.5) is 0 Å². The summed E-state index contributed by atoms with van der Waals surface area (Å²) in [6.45, 7) is 0. The molecule has 8 bridgehead atoms.